The first-order valence-electron chi connectivity index (χ1n) is 8.24. The van der Waals surface area contributed by atoms with E-state index in [0.717, 1.165) is 61.1 Å². The lowest BCUT2D eigenvalue weighted by molar-refractivity contribution is 0.739. The van der Waals surface area contributed by atoms with Gasteiger partial charge in [0.05, 0.1) is 15.7 Å². The highest BCUT2D eigenvalue weighted by Gasteiger charge is 2.16. The van der Waals surface area contributed by atoms with Crippen molar-refractivity contribution in [1.29, 1.82) is 0 Å². The summed E-state index contributed by atoms with van der Waals surface area (Å²) in [5.41, 5.74) is 10.4. The summed E-state index contributed by atoms with van der Waals surface area (Å²) in [5, 5.41) is 3.36. The molecule has 5 nitrogen and oxygen atoms in total. The smallest absolute Gasteiger partial charge is 0.152 e. The number of nitrogens with zero attached hydrogens (tertiary/aromatic N) is 2. The number of hydrogen-bond acceptors (Lipinski definition) is 5. The zero-order chi connectivity index (χ0) is 15.8. The van der Waals surface area contributed by atoms with Gasteiger partial charge in [-0.15, -0.1) is 11.3 Å². The van der Waals surface area contributed by atoms with Gasteiger partial charge in [0.2, 0.25) is 0 Å². The summed E-state index contributed by atoms with van der Waals surface area (Å²) in [6.45, 7) is 4.17. The van der Waals surface area contributed by atoms with E-state index in [1.807, 2.05) is 0 Å². The fraction of sp³-hybridized carbons (Fsp3) is 0.412. The van der Waals surface area contributed by atoms with Gasteiger partial charge in [-0.3, -0.25) is 0 Å². The molecule has 1 aliphatic heterocycles. The van der Waals surface area contributed by atoms with E-state index in [1.165, 1.54) is 15.2 Å². The van der Waals surface area contributed by atoms with Gasteiger partial charge < -0.3 is 16.0 Å². The van der Waals surface area contributed by atoms with E-state index in [4.69, 9.17) is 5.73 Å². The van der Waals surface area contributed by atoms with E-state index in [9.17, 15) is 0 Å². The first kappa shape index (κ1) is 14.7. The largest absolute Gasteiger partial charge is 0.382 e. The second-order valence-electron chi connectivity index (χ2n) is 6.02. The molecule has 0 amide bonds. The number of nitrogens with one attached hydrogen (secondary N) is 2. The topological polar surface area (TPSA) is 79.6 Å². The van der Waals surface area contributed by atoms with Gasteiger partial charge in [-0.2, -0.15) is 0 Å². The van der Waals surface area contributed by atoms with Crippen molar-refractivity contribution in [1.82, 2.24) is 20.3 Å². The van der Waals surface area contributed by atoms with Crippen molar-refractivity contribution in [3.8, 4) is 0 Å². The number of fused-ring (bicyclic) bond motifs is 3. The molecule has 4 rings (SSSR count). The fourth-order valence-corrected chi connectivity index (χ4v) is 4.23. The van der Waals surface area contributed by atoms with Crippen LogP contribution >= 0.6 is 11.3 Å². The third-order valence-corrected chi connectivity index (χ3v) is 5.54. The molecule has 4 heterocycles. The molecule has 0 spiro atoms. The SMILES string of the molecule is CCCCc1nc2c(N)nc3cc(C4=CCNCC4)sc3c2[nH]1. The quantitative estimate of drug-likeness (QED) is 0.685. The van der Waals surface area contributed by atoms with Crippen LogP contribution in [-0.2, 0) is 6.42 Å². The Morgan fingerprint density at radius 3 is 3.04 bits per heavy atom. The molecular weight excluding hydrogens is 306 g/mol. The number of nitrogen functional groups attached to an aromatic ring is 1. The molecule has 120 valence electrons. The summed E-state index contributed by atoms with van der Waals surface area (Å²) in [6, 6.07) is 2.17. The molecule has 0 aromatic carbocycles. The van der Waals surface area contributed by atoms with Gasteiger partial charge in [0, 0.05) is 17.8 Å². The third-order valence-electron chi connectivity index (χ3n) is 4.32. The summed E-state index contributed by atoms with van der Waals surface area (Å²) in [5.74, 6) is 1.54. The van der Waals surface area contributed by atoms with Gasteiger partial charge in [0.25, 0.3) is 0 Å². The van der Waals surface area contributed by atoms with Gasteiger partial charge in [-0.1, -0.05) is 19.4 Å². The Morgan fingerprint density at radius 2 is 2.26 bits per heavy atom. The average molecular weight is 327 g/mol. The zero-order valence-corrected chi connectivity index (χ0v) is 14.1. The average Bonchev–Trinajstić information content (AvgIpc) is 3.18. The highest BCUT2D eigenvalue weighted by molar-refractivity contribution is 7.20. The summed E-state index contributed by atoms with van der Waals surface area (Å²) in [6.07, 6.45) is 6.59. The van der Waals surface area contributed by atoms with Crippen LogP contribution in [0, 0.1) is 0 Å². The van der Waals surface area contributed by atoms with Crippen molar-refractivity contribution < 1.29 is 0 Å². The van der Waals surface area contributed by atoms with E-state index >= 15 is 0 Å². The lowest BCUT2D eigenvalue weighted by Crippen LogP contribution is -2.19. The van der Waals surface area contributed by atoms with Crippen molar-refractivity contribution in [3.63, 3.8) is 0 Å². The van der Waals surface area contributed by atoms with E-state index < -0.39 is 0 Å². The second kappa shape index (κ2) is 5.94. The molecule has 0 unspecified atom stereocenters. The Morgan fingerprint density at radius 1 is 1.35 bits per heavy atom. The van der Waals surface area contributed by atoms with E-state index in [2.05, 4.69) is 39.3 Å². The summed E-state index contributed by atoms with van der Waals surface area (Å²) in [4.78, 5) is 14.0. The highest BCUT2D eigenvalue weighted by atomic mass is 32.1. The van der Waals surface area contributed by atoms with Crippen LogP contribution in [0.5, 0.6) is 0 Å². The maximum absolute atomic E-state index is 6.14. The van der Waals surface area contributed by atoms with E-state index in [0.29, 0.717) is 5.82 Å². The minimum absolute atomic E-state index is 0.523. The number of imidazole rings is 1. The van der Waals surface area contributed by atoms with Crippen LogP contribution in [0.4, 0.5) is 5.82 Å². The van der Waals surface area contributed by atoms with Crippen LogP contribution < -0.4 is 11.1 Å². The highest BCUT2D eigenvalue weighted by Crippen LogP contribution is 2.36. The molecule has 1 aliphatic rings. The molecule has 0 bridgehead atoms. The lowest BCUT2D eigenvalue weighted by atomic mass is 10.1. The lowest BCUT2D eigenvalue weighted by Gasteiger charge is -2.11. The van der Waals surface area contributed by atoms with Crippen molar-refractivity contribution in [2.24, 2.45) is 0 Å². The number of aromatic nitrogens is 3. The van der Waals surface area contributed by atoms with Crippen molar-refractivity contribution in [2.75, 3.05) is 18.8 Å². The summed E-state index contributed by atoms with van der Waals surface area (Å²) >= 11 is 1.79. The fourth-order valence-electron chi connectivity index (χ4n) is 3.07. The molecule has 4 N–H and O–H groups in total. The summed E-state index contributed by atoms with van der Waals surface area (Å²) in [7, 11) is 0. The number of nitrogens with two attached hydrogens (primary N) is 1. The van der Waals surface area contributed by atoms with Crippen LogP contribution in [0.15, 0.2) is 12.1 Å². The first-order chi connectivity index (χ1) is 11.3. The molecule has 0 atom stereocenters. The predicted molar refractivity (Wildman–Crippen MR) is 97.8 cm³/mol. The normalized spacial score (nSPS) is 15.4. The molecule has 0 fully saturated rings. The van der Waals surface area contributed by atoms with Crippen LogP contribution in [0.1, 0.15) is 36.9 Å². The number of aryl methyl sites for hydroxylation is 1. The maximum Gasteiger partial charge on any atom is 0.152 e. The Labute approximate surface area is 139 Å². The maximum atomic E-state index is 6.14. The van der Waals surface area contributed by atoms with Crippen LogP contribution in [-0.4, -0.2) is 28.0 Å². The molecule has 0 radical (unpaired) electrons. The van der Waals surface area contributed by atoms with Gasteiger partial charge in [-0.25, -0.2) is 9.97 Å². The second-order valence-corrected chi connectivity index (χ2v) is 7.07. The Hall–Kier alpha value is -1.92. The summed E-state index contributed by atoms with van der Waals surface area (Å²) < 4.78 is 1.17. The molecule has 23 heavy (non-hydrogen) atoms. The van der Waals surface area contributed by atoms with Crippen molar-refractivity contribution >= 4 is 44.0 Å². The van der Waals surface area contributed by atoms with Gasteiger partial charge in [0.1, 0.15) is 11.3 Å². The van der Waals surface area contributed by atoms with Gasteiger partial charge in [0.15, 0.2) is 5.82 Å². The molecule has 0 aliphatic carbocycles. The number of anilines is 1. The number of rotatable bonds is 4. The van der Waals surface area contributed by atoms with Crippen LogP contribution in [0.3, 0.4) is 0 Å². The van der Waals surface area contributed by atoms with Crippen LogP contribution in [0.2, 0.25) is 0 Å². The predicted octanol–water partition coefficient (Wildman–Crippen LogP) is 3.47. The number of H-pyrrole nitrogens is 1. The Balaban J connectivity index is 1.84. The Kier molecular flexibility index (Phi) is 3.79. The zero-order valence-electron chi connectivity index (χ0n) is 13.3. The van der Waals surface area contributed by atoms with E-state index in [-0.39, 0.29) is 0 Å². The Bertz CT molecular complexity index is 889. The number of unbranched alkanes of at least 4 members (excludes halogenated alkanes) is 1. The van der Waals surface area contributed by atoms with Crippen molar-refractivity contribution in [2.45, 2.75) is 32.6 Å². The van der Waals surface area contributed by atoms with Crippen LogP contribution in [0.25, 0.3) is 26.8 Å². The van der Waals surface area contributed by atoms with Gasteiger partial charge in [-0.05, 0) is 31.0 Å². The molecule has 0 saturated heterocycles. The molecule has 3 aromatic heterocycles. The minimum atomic E-state index is 0.523. The third kappa shape index (κ3) is 2.62. The standard InChI is InChI=1S/C17H21N5S/c1-2-3-4-13-21-14-15(22-13)17(18)20-11-9-12(23-16(11)14)10-5-7-19-8-6-10/h5,9,19H,2-4,6-8H2,1H3,(H2,18,20)(H,21,22). The minimum Gasteiger partial charge on any atom is -0.382 e. The monoisotopic (exact) mass is 327 g/mol. The molecule has 3 aromatic rings. The van der Waals surface area contributed by atoms with Crippen molar-refractivity contribution in [3.05, 3.63) is 22.8 Å². The van der Waals surface area contributed by atoms with Gasteiger partial charge >= 0.3 is 0 Å². The number of aromatic amines is 1. The number of hydrogen-bond donors (Lipinski definition) is 3. The molecule has 6 heteroatoms. The number of thiophene rings is 1. The first-order valence-corrected chi connectivity index (χ1v) is 9.05. The van der Waals surface area contributed by atoms with E-state index in [1.54, 1.807) is 11.3 Å². The molecule has 0 saturated carbocycles. The number of pyridine rings is 1. The molecular formula is C17H21N5S.